The molecule has 104 valence electrons. The summed E-state index contributed by atoms with van der Waals surface area (Å²) in [5, 5.41) is 2.91. The van der Waals surface area contributed by atoms with Gasteiger partial charge in [0.2, 0.25) is 0 Å². The van der Waals surface area contributed by atoms with Gasteiger partial charge < -0.3 is 5.32 Å². The number of anilines is 1. The summed E-state index contributed by atoms with van der Waals surface area (Å²) in [5.74, 6) is 0.458. The van der Waals surface area contributed by atoms with Crippen molar-refractivity contribution >= 4 is 27.5 Å². The summed E-state index contributed by atoms with van der Waals surface area (Å²) in [6.45, 7) is 4.38. The second-order valence-corrected chi connectivity index (χ2v) is 5.81. The van der Waals surface area contributed by atoms with E-state index in [9.17, 15) is 4.79 Å². The van der Waals surface area contributed by atoms with Gasteiger partial charge in [-0.05, 0) is 54.3 Å². The molecule has 0 saturated carbocycles. The molecule has 0 saturated heterocycles. The molecule has 0 spiro atoms. The molecule has 3 heteroatoms. The largest absolute Gasteiger partial charge is 0.322 e. The molecular formula is C17H18BrNO. The second-order valence-electron chi connectivity index (χ2n) is 4.89. The SMILES string of the molecule is CC[C@@H](C)c1ccc(NC(=O)c2ccc(Br)cc2)cc1. The van der Waals surface area contributed by atoms with Gasteiger partial charge in [-0.3, -0.25) is 4.79 Å². The topological polar surface area (TPSA) is 29.1 Å². The van der Waals surface area contributed by atoms with E-state index >= 15 is 0 Å². The van der Waals surface area contributed by atoms with Crippen LogP contribution in [0.5, 0.6) is 0 Å². The lowest BCUT2D eigenvalue weighted by molar-refractivity contribution is 0.102. The van der Waals surface area contributed by atoms with Crippen molar-refractivity contribution in [3.05, 3.63) is 64.1 Å². The number of nitrogens with one attached hydrogen (secondary N) is 1. The number of carbonyl (C=O) groups excluding carboxylic acids is 1. The molecule has 1 amide bonds. The van der Waals surface area contributed by atoms with Crippen LogP contribution in [0.15, 0.2) is 53.0 Å². The number of amides is 1. The maximum absolute atomic E-state index is 12.1. The molecule has 0 radical (unpaired) electrons. The van der Waals surface area contributed by atoms with Crippen molar-refractivity contribution in [2.75, 3.05) is 5.32 Å². The average molecular weight is 332 g/mol. The molecule has 0 aliphatic heterocycles. The number of benzene rings is 2. The first-order valence-corrected chi connectivity index (χ1v) is 7.56. The molecule has 1 atom stereocenters. The summed E-state index contributed by atoms with van der Waals surface area (Å²) < 4.78 is 0.965. The van der Waals surface area contributed by atoms with E-state index in [0.29, 0.717) is 11.5 Å². The molecule has 2 aromatic rings. The van der Waals surface area contributed by atoms with Crippen molar-refractivity contribution in [3.63, 3.8) is 0 Å². The molecule has 2 nitrogen and oxygen atoms in total. The van der Waals surface area contributed by atoms with E-state index in [1.807, 2.05) is 24.3 Å². The highest BCUT2D eigenvalue weighted by molar-refractivity contribution is 9.10. The third-order valence-electron chi connectivity index (χ3n) is 3.46. The van der Waals surface area contributed by atoms with Gasteiger partial charge in [0, 0.05) is 15.7 Å². The maximum Gasteiger partial charge on any atom is 0.255 e. The first-order chi connectivity index (χ1) is 9.60. The van der Waals surface area contributed by atoms with Gasteiger partial charge >= 0.3 is 0 Å². The Kier molecular flexibility index (Phi) is 4.96. The number of halogens is 1. The van der Waals surface area contributed by atoms with Gasteiger partial charge in [0.25, 0.3) is 5.91 Å². The molecule has 0 aliphatic rings. The first-order valence-electron chi connectivity index (χ1n) is 6.77. The predicted octanol–water partition coefficient (Wildman–Crippen LogP) is 5.21. The van der Waals surface area contributed by atoms with E-state index in [1.165, 1.54) is 5.56 Å². The van der Waals surface area contributed by atoms with Crippen LogP contribution in [0.3, 0.4) is 0 Å². The molecule has 0 aliphatic carbocycles. The Labute approximate surface area is 128 Å². The van der Waals surface area contributed by atoms with Gasteiger partial charge in [0.1, 0.15) is 0 Å². The fourth-order valence-corrected chi connectivity index (χ4v) is 2.20. The lowest BCUT2D eigenvalue weighted by atomic mass is 9.98. The second kappa shape index (κ2) is 6.71. The van der Waals surface area contributed by atoms with Crippen LogP contribution in [0, 0.1) is 0 Å². The van der Waals surface area contributed by atoms with Crippen LogP contribution in [0.25, 0.3) is 0 Å². The monoisotopic (exact) mass is 331 g/mol. The van der Waals surface area contributed by atoms with Crippen LogP contribution in [0.1, 0.15) is 42.1 Å². The molecule has 0 aromatic heterocycles. The van der Waals surface area contributed by atoms with Crippen LogP contribution in [0.2, 0.25) is 0 Å². The Morgan fingerprint density at radius 2 is 1.70 bits per heavy atom. The van der Waals surface area contributed by atoms with E-state index in [-0.39, 0.29) is 5.91 Å². The van der Waals surface area contributed by atoms with E-state index in [4.69, 9.17) is 0 Å². The van der Waals surface area contributed by atoms with E-state index < -0.39 is 0 Å². The highest BCUT2D eigenvalue weighted by Crippen LogP contribution is 2.21. The van der Waals surface area contributed by atoms with Crippen LogP contribution in [0.4, 0.5) is 5.69 Å². The molecule has 2 rings (SSSR count). The van der Waals surface area contributed by atoms with Gasteiger partial charge in [-0.25, -0.2) is 0 Å². The Balaban J connectivity index is 2.06. The lowest BCUT2D eigenvalue weighted by Gasteiger charge is -2.10. The number of hydrogen-bond donors (Lipinski definition) is 1. The minimum Gasteiger partial charge on any atom is -0.322 e. The van der Waals surface area contributed by atoms with Gasteiger partial charge in [0.05, 0.1) is 0 Å². The van der Waals surface area contributed by atoms with Gasteiger partial charge in [-0.2, -0.15) is 0 Å². The van der Waals surface area contributed by atoms with Crippen LogP contribution >= 0.6 is 15.9 Å². The normalized spacial score (nSPS) is 11.9. The van der Waals surface area contributed by atoms with Crippen molar-refractivity contribution in [3.8, 4) is 0 Å². The molecule has 2 aromatic carbocycles. The lowest BCUT2D eigenvalue weighted by Crippen LogP contribution is -2.11. The summed E-state index contributed by atoms with van der Waals surface area (Å²) in [6, 6.07) is 15.4. The zero-order valence-electron chi connectivity index (χ0n) is 11.7. The van der Waals surface area contributed by atoms with Gasteiger partial charge in [-0.15, -0.1) is 0 Å². The summed E-state index contributed by atoms with van der Waals surface area (Å²) in [4.78, 5) is 12.1. The zero-order chi connectivity index (χ0) is 14.5. The molecule has 0 heterocycles. The Morgan fingerprint density at radius 1 is 1.10 bits per heavy atom. The van der Waals surface area contributed by atoms with Crippen molar-refractivity contribution in [1.29, 1.82) is 0 Å². The predicted molar refractivity (Wildman–Crippen MR) is 87.2 cm³/mol. The van der Waals surface area contributed by atoms with E-state index in [0.717, 1.165) is 16.6 Å². The number of hydrogen-bond acceptors (Lipinski definition) is 1. The molecule has 0 fully saturated rings. The Bertz CT molecular complexity index is 575. The fraction of sp³-hybridized carbons (Fsp3) is 0.235. The van der Waals surface area contributed by atoms with Gasteiger partial charge in [-0.1, -0.05) is 41.9 Å². The third kappa shape index (κ3) is 3.70. The molecule has 0 unspecified atom stereocenters. The number of carbonyl (C=O) groups is 1. The van der Waals surface area contributed by atoms with Crippen molar-refractivity contribution in [2.24, 2.45) is 0 Å². The van der Waals surface area contributed by atoms with Crippen molar-refractivity contribution in [2.45, 2.75) is 26.2 Å². The smallest absolute Gasteiger partial charge is 0.255 e. The molecular weight excluding hydrogens is 314 g/mol. The quantitative estimate of drug-likeness (QED) is 0.818. The fourth-order valence-electron chi connectivity index (χ4n) is 1.94. The van der Waals surface area contributed by atoms with Gasteiger partial charge in [0.15, 0.2) is 0 Å². The summed E-state index contributed by atoms with van der Waals surface area (Å²) in [5.41, 5.74) is 2.78. The Morgan fingerprint density at radius 3 is 2.25 bits per heavy atom. The Hall–Kier alpha value is -1.61. The average Bonchev–Trinajstić information content (AvgIpc) is 2.48. The molecule has 0 bridgehead atoms. The van der Waals surface area contributed by atoms with Crippen molar-refractivity contribution in [1.82, 2.24) is 0 Å². The van der Waals surface area contributed by atoms with E-state index in [1.54, 1.807) is 12.1 Å². The molecule has 20 heavy (non-hydrogen) atoms. The number of rotatable bonds is 4. The minimum absolute atomic E-state index is 0.0891. The minimum atomic E-state index is -0.0891. The highest BCUT2D eigenvalue weighted by atomic mass is 79.9. The van der Waals surface area contributed by atoms with Crippen LogP contribution in [-0.4, -0.2) is 5.91 Å². The maximum atomic E-state index is 12.1. The van der Waals surface area contributed by atoms with E-state index in [2.05, 4.69) is 47.2 Å². The van der Waals surface area contributed by atoms with Crippen molar-refractivity contribution < 1.29 is 4.79 Å². The highest BCUT2D eigenvalue weighted by Gasteiger charge is 2.07. The van der Waals surface area contributed by atoms with Crippen LogP contribution in [-0.2, 0) is 0 Å². The van der Waals surface area contributed by atoms with Crippen LogP contribution < -0.4 is 5.32 Å². The summed E-state index contributed by atoms with van der Waals surface area (Å²) >= 11 is 3.36. The summed E-state index contributed by atoms with van der Waals surface area (Å²) in [6.07, 6.45) is 1.12. The first kappa shape index (κ1) is 14.8. The zero-order valence-corrected chi connectivity index (χ0v) is 13.3. The molecule has 1 N–H and O–H groups in total. The standard InChI is InChI=1S/C17H18BrNO/c1-3-12(2)13-6-10-16(11-7-13)19-17(20)14-4-8-15(18)9-5-14/h4-12H,3H2,1-2H3,(H,19,20)/t12-/m1/s1. The summed E-state index contributed by atoms with van der Waals surface area (Å²) in [7, 11) is 0. The third-order valence-corrected chi connectivity index (χ3v) is 3.99.